The zero-order chi connectivity index (χ0) is 10.1. The summed E-state index contributed by atoms with van der Waals surface area (Å²) in [6.45, 7) is 6.50. The fourth-order valence-electron chi connectivity index (χ4n) is 1.07. The van der Waals surface area contributed by atoms with Gasteiger partial charge in [-0.1, -0.05) is 6.07 Å². The molecule has 0 fully saturated rings. The van der Waals surface area contributed by atoms with Crippen molar-refractivity contribution in [1.82, 2.24) is 0 Å². The molecule has 0 N–H and O–H groups in total. The van der Waals surface area contributed by atoms with Crippen LogP contribution in [0.15, 0.2) is 42.5 Å². The molecule has 0 radical (unpaired) electrons. The maximum atomic E-state index is 7.75. The Kier molecular flexibility index (Phi) is 10.6. The van der Waals surface area contributed by atoms with Gasteiger partial charge in [-0.25, -0.2) is 0 Å². The minimum absolute atomic E-state index is 0. The predicted octanol–water partition coefficient (Wildman–Crippen LogP) is 2.01. The second-order valence-electron chi connectivity index (χ2n) is 2.15. The molecule has 2 nitrogen and oxygen atoms in total. The molecule has 0 aliphatic carbocycles. The van der Waals surface area contributed by atoms with Crippen molar-refractivity contribution in [3.05, 3.63) is 42.5 Å². The predicted molar refractivity (Wildman–Crippen MR) is 53.0 cm³/mol. The van der Waals surface area contributed by atoms with Gasteiger partial charge in [0.2, 0.25) is 0 Å². The number of fused-ring (bicyclic) bond motifs is 1. The quantitative estimate of drug-likeness (QED) is 0.514. The summed E-state index contributed by atoms with van der Waals surface area (Å²) in [7, 11) is 0. The maximum absolute atomic E-state index is 7.75. The van der Waals surface area contributed by atoms with Gasteiger partial charge in [0.05, 0.1) is 0 Å². The van der Waals surface area contributed by atoms with Gasteiger partial charge in [0.25, 0.3) is 0 Å². The molecule has 2 rings (SSSR count). The van der Waals surface area contributed by atoms with Crippen LogP contribution in [0.4, 0.5) is 0 Å². The fraction of sp³-hybridized carbons (Fsp3) is 0. The zero-order valence-corrected chi connectivity index (χ0v) is 8.39. The van der Waals surface area contributed by atoms with Crippen molar-refractivity contribution in [2.45, 2.75) is 0 Å². The number of hydrogen-bond acceptors (Lipinski definition) is 2. The summed E-state index contributed by atoms with van der Waals surface area (Å²) in [4.78, 5) is 15.5. The topological polar surface area (TPSA) is 34.1 Å². The molecule has 0 aliphatic heterocycles. The first-order valence-electron chi connectivity index (χ1n) is 3.54. The van der Waals surface area contributed by atoms with E-state index in [0.717, 1.165) is 0 Å². The standard InChI is InChI=1S/C9H7.2CHO.Co/c1-2-5-9-7-3-6-8(9)4-1;2*1-2;/h1-7H;2*1H;/q3*-1;+3. The summed E-state index contributed by atoms with van der Waals surface area (Å²) in [6.07, 6.45) is 0. The number of hydrogen-bond donors (Lipinski definition) is 0. The molecule has 0 atom stereocenters. The van der Waals surface area contributed by atoms with E-state index in [1.54, 1.807) is 0 Å². The second-order valence-corrected chi connectivity index (χ2v) is 2.15. The summed E-state index contributed by atoms with van der Waals surface area (Å²) in [5.74, 6) is 0. The van der Waals surface area contributed by atoms with Crippen LogP contribution in [0.1, 0.15) is 0 Å². The van der Waals surface area contributed by atoms with Gasteiger partial charge in [-0.3, -0.25) is 13.6 Å². The SMILES string of the molecule is [CH-]=O.[CH-]=O.[Co+3].c1ccc2[cH-]ccc2c1. The van der Waals surface area contributed by atoms with Crippen LogP contribution in [-0.4, -0.2) is 13.6 Å². The molecule has 2 aromatic rings. The molecule has 0 bridgehead atoms. The first kappa shape index (κ1) is 15.2. The van der Waals surface area contributed by atoms with E-state index in [2.05, 4.69) is 56.0 Å². The molecule has 0 aliphatic rings. The minimum Gasteiger partial charge on any atom is -0.545 e. The van der Waals surface area contributed by atoms with Crippen LogP contribution in [0.25, 0.3) is 10.8 Å². The summed E-state index contributed by atoms with van der Waals surface area (Å²) >= 11 is 0. The molecule has 0 aromatic heterocycles. The molecule has 2 aromatic carbocycles. The Hall–Kier alpha value is -1.32. The van der Waals surface area contributed by atoms with Gasteiger partial charge in [0, 0.05) is 0 Å². The van der Waals surface area contributed by atoms with E-state index in [4.69, 9.17) is 9.59 Å². The van der Waals surface area contributed by atoms with Crippen molar-refractivity contribution >= 4 is 24.4 Å². The van der Waals surface area contributed by atoms with E-state index >= 15 is 0 Å². The van der Waals surface area contributed by atoms with Crippen molar-refractivity contribution in [2.24, 2.45) is 0 Å². The van der Waals surface area contributed by atoms with E-state index < -0.39 is 0 Å². The van der Waals surface area contributed by atoms with E-state index in [1.165, 1.54) is 10.8 Å². The first-order valence-corrected chi connectivity index (χ1v) is 3.54. The second kappa shape index (κ2) is 9.76. The third-order valence-corrected chi connectivity index (χ3v) is 1.55. The third kappa shape index (κ3) is 4.07. The van der Waals surface area contributed by atoms with E-state index in [1.807, 2.05) is 0 Å². The van der Waals surface area contributed by atoms with E-state index in [-0.39, 0.29) is 16.8 Å². The summed E-state index contributed by atoms with van der Waals surface area (Å²) < 4.78 is 0. The van der Waals surface area contributed by atoms with Crippen LogP contribution in [0.5, 0.6) is 0 Å². The minimum atomic E-state index is 0. The molecule has 0 amide bonds. The largest absolute Gasteiger partial charge is 3.00 e. The average molecular weight is 232 g/mol. The molecule has 0 unspecified atom stereocenters. The Morgan fingerprint density at radius 3 is 2.07 bits per heavy atom. The van der Waals surface area contributed by atoms with Gasteiger partial charge >= 0.3 is 16.8 Å². The van der Waals surface area contributed by atoms with Gasteiger partial charge in [-0.15, -0.1) is 29.7 Å². The van der Waals surface area contributed by atoms with Crippen molar-refractivity contribution in [3.63, 3.8) is 0 Å². The van der Waals surface area contributed by atoms with Crippen molar-refractivity contribution < 1.29 is 26.4 Å². The van der Waals surface area contributed by atoms with Crippen LogP contribution in [-0.2, 0) is 26.4 Å². The van der Waals surface area contributed by atoms with Gasteiger partial charge in [-0.05, 0) is 0 Å². The Morgan fingerprint density at radius 1 is 0.929 bits per heavy atom. The molecular formula is C11H9CoO2. The molecule has 0 saturated heterocycles. The maximum Gasteiger partial charge on any atom is 3.00 e. The first-order chi connectivity index (χ1) is 6.47. The van der Waals surface area contributed by atoms with Crippen LogP contribution < -0.4 is 0 Å². The summed E-state index contributed by atoms with van der Waals surface area (Å²) in [6, 6.07) is 14.7. The normalized spacial score (nSPS) is 7.14. The van der Waals surface area contributed by atoms with Crippen LogP contribution in [0.2, 0.25) is 0 Å². The molecule has 0 spiro atoms. The van der Waals surface area contributed by atoms with Gasteiger partial charge in [0.1, 0.15) is 0 Å². The third-order valence-electron chi connectivity index (χ3n) is 1.55. The van der Waals surface area contributed by atoms with Crippen molar-refractivity contribution in [2.75, 3.05) is 0 Å². The number of benzene rings is 1. The van der Waals surface area contributed by atoms with Crippen molar-refractivity contribution in [3.8, 4) is 0 Å². The Bertz CT molecular complexity index is 311. The molecule has 3 heteroatoms. The van der Waals surface area contributed by atoms with E-state index in [0.29, 0.717) is 0 Å². The fourth-order valence-corrected chi connectivity index (χ4v) is 1.07. The molecule has 74 valence electrons. The van der Waals surface area contributed by atoms with E-state index in [9.17, 15) is 0 Å². The Balaban J connectivity index is 0. The number of carbonyl (C=O) groups excluding carboxylic acids is 2. The van der Waals surface area contributed by atoms with Crippen molar-refractivity contribution in [1.29, 1.82) is 0 Å². The zero-order valence-electron chi connectivity index (χ0n) is 7.35. The smallest absolute Gasteiger partial charge is 0.545 e. The van der Waals surface area contributed by atoms with Crippen LogP contribution >= 0.6 is 0 Å². The summed E-state index contributed by atoms with van der Waals surface area (Å²) in [5, 5.41) is 2.66. The van der Waals surface area contributed by atoms with Crippen LogP contribution in [0.3, 0.4) is 0 Å². The average Bonchev–Trinajstić information content (AvgIpc) is 2.71. The Labute approximate surface area is 93.5 Å². The summed E-state index contributed by atoms with van der Waals surface area (Å²) in [5.41, 5.74) is 0. The Morgan fingerprint density at radius 2 is 1.50 bits per heavy atom. The van der Waals surface area contributed by atoms with Crippen LogP contribution in [0, 0.1) is 0 Å². The van der Waals surface area contributed by atoms with Gasteiger partial charge in [0.15, 0.2) is 0 Å². The monoisotopic (exact) mass is 232 g/mol. The molecule has 0 saturated carbocycles. The number of rotatable bonds is 0. The molecule has 14 heavy (non-hydrogen) atoms. The van der Waals surface area contributed by atoms with Gasteiger partial charge in [-0.2, -0.15) is 17.5 Å². The molecule has 0 heterocycles. The van der Waals surface area contributed by atoms with Gasteiger partial charge < -0.3 is 9.59 Å². The molecular weight excluding hydrogens is 223 g/mol.